The molecule has 0 fully saturated rings. The van der Waals surface area contributed by atoms with Crippen molar-refractivity contribution in [2.75, 3.05) is 5.32 Å². The highest BCUT2D eigenvalue weighted by Crippen LogP contribution is 2.61. The summed E-state index contributed by atoms with van der Waals surface area (Å²) < 4.78 is 0. The Hall–Kier alpha value is -3.91. The highest BCUT2D eigenvalue weighted by molar-refractivity contribution is 6.00. The summed E-state index contributed by atoms with van der Waals surface area (Å²) in [6.45, 7) is 0. The van der Waals surface area contributed by atoms with E-state index in [1.54, 1.807) is 6.07 Å². The molecule has 0 saturated carbocycles. The molecule has 0 spiro atoms. The average Bonchev–Trinajstić information content (AvgIpc) is 2.79. The second kappa shape index (κ2) is 6.57. The van der Waals surface area contributed by atoms with Gasteiger partial charge in [0, 0.05) is 17.5 Å². The van der Waals surface area contributed by atoms with Crippen molar-refractivity contribution in [2.24, 2.45) is 5.41 Å². The van der Waals surface area contributed by atoms with E-state index >= 15 is 0 Å². The van der Waals surface area contributed by atoms with Gasteiger partial charge in [0.05, 0.1) is 12.0 Å². The number of nitriles is 1. The van der Waals surface area contributed by atoms with Crippen LogP contribution >= 0.6 is 0 Å². The van der Waals surface area contributed by atoms with Crippen molar-refractivity contribution in [3.63, 3.8) is 0 Å². The smallest absolute Gasteiger partial charge is 0.245 e. The summed E-state index contributed by atoms with van der Waals surface area (Å²) in [6, 6.07) is 24.2. The number of hydrogen-bond donors (Lipinski definition) is 1. The lowest BCUT2D eigenvalue weighted by Gasteiger charge is -2.48. The molecule has 6 rings (SSSR count). The van der Waals surface area contributed by atoms with Gasteiger partial charge in [-0.05, 0) is 46.4 Å². The molecule has 1 atom stereocenters. The van der Waals surface area contributed by atoms with Gasteiger partial charge < -0.3 is 15.2 Å². The number of hydrogen-bond acceptors (Lipinski definition) is 4. The maximum absolute atomic E-state index is 13.5. The molecule has 1 N–H and O–H groups in total. The van der Waals surface area contributed by atoms with E-state index in [0.717, 1.165) is 11.1 Å². The van der Waals surface area contributed by atoms with E-state index in [0.29, 0.717) is 12.1 Å². The molecular formula is C25H17N2O3-. The van der Waals surface area contributed by atoms with Gasteiger partial charge in [0.2, 0.25) is 5.91 Å². The lowest BCUT2D eigenvalue weighted by molar-refractivity contribution is -0.255. The molecule has 0 aromatic heterocycles. The summed E-state index contributed by atoms with van der Waals surface area (Å²) in [7, 11) is 0. The summed E-state index contributed by atoms with van der Waals surface area (Å²) in [4.78, 5) is 24.7. The molecule has 30 heavy (non-hydrogen) atoms. The van der Waals surface area contributed by atoms with Crippen LogP contribution in [0.25, 0.3) is 0 Å². The van der Waals surface area contributed by atoms with E-state index in [2.05, 4.69) is 23.5 Å². The topological polar surface area (TPSA) is 93.0 Å². The summed E-state index contributed by atoms with van der Waals surface area (Å²) >= 11 is 0. The Morgan fingerprint density at radius 1 is 0.933 bits per heavy atom. The number of carbonyl (C=O) groups is 2. The summed E-state index contributed by atoms with van der Waals surface area (Å²) in [5.41, 5.74) is 3.36. The van der Waals surface area contributed by atoms with E-state index in [4.69, 9.17) is 0 Å². The van der Waals surface area contributed by atoms with Gasteiger partial charge in [0.15, 0.2) is 0 Å². The van der Waals surface area contributed by atoms with Gasteiger partial charge in [0.25, 0.3) is 0 Å². The lowest BCUT2D eigenvalue weighted by Crippen LogP contribution is -2.48. The molecule has 2 bridgehead atoms. The average molecular weight is 393 g/mol. The number of fused-ring (bicyclic) bond motifs is 1. The second-order valence-corrected chi connectivity index (χ2v) is 7.85. The number of benzene rings is 3. The number of carboxylic acids is 1. The van der Waals surface area contributed by atoms with Crippen LogP contribution < -0.4 is 10.4 Å². The van der Waals surface area contributed by atoms with Gasteiger partial charge in [-0.2, -0.15) is 5.26 Å². The molecular weight excluding hydrogens is 376 g/mol. The van der Waals surface area contributed by atoms with Crippen LogP contribution in [-0.4, -0.2) is 11.9 Å². The molecule has 0 radical (unpaired) electrons. The molecule has 0 aliphatic heterocycles. The number of amides is 1. The van der Waals surface area contributed by atoms with Crippen molar-refractivity contribution >= 4 is 17.6 Å². The fourth-order valence-corrected chi connectivity index (χ4v) is 5.06. The van der Waals surface area contributed by atoms with Crippen LogP contribution in [0.4, 0.5) is 5.69 Å². The number of nitrogens with zero attached hydrogens (tertiary/aromatic N) is 1. The molecule has 5 nitrogen and oxygen atoms in total. The van der Waals surface area contributed by atoms with E-state index in [1.807, 2.05) is 36.4 Å². The highest BCUT2D eigenvalue weighted by atomic mass is 16.4. The SMILES string of the molecule is N#C[C@@]1(C(=O)Nc2cccc(C(=O)[O-])c2)CC2c3ccccc3C1c1ccccc12. The fraction of sp³-hybridized carbons (Fsp3) is 0.160. The second-order valence-electron chi connectivity index (χ2n) is 7.85. The summed E-state index contributed by atoms with van der Waals surface area (Å²) in [5.74, 6) is -2.16. The molecule has 3 aliphatic carbocycles. The lowest BCUT2D eigenvalue weighted by atomic mass is 9.52. The minimum Gasteiger partial charge on any atom is -0.545 e. The maximum atomic E-state index is 13.5. The van der Waals surface area contributed by atoms with Crippen LogP contribution in [0.3, 0.4) is 0 Å². The Balaban J connectivity index is 1.61. The van der Waals surface area contributed by atoms with Crippen LogP contribution in [0.1, 0.15) is 50.9 Å². The van der Waals surface area contributed by atoms with Crippen molar-refractivity contribution in [3.8, 4) is 6.07 Å². The molecule has 3 aliphatic rings. The largest absolute Gasteiger partial charge is 0.545 e. The summed E-state index contributed by atoms with van der Waals surface area (Å²) in [5, 5.41) is 24.2. The van der Waals surface area contributed by atoms with E-state index < -0.39 is 17.3 Å². The molecule has 5 heteroatoms. The Kier molecular flexibility index (Phi) is 3.97. The van der Waals surface area contributed by atoms with Gasteiger partial charge in [0.1, 0.15) is 5.41 Å². The molecule has 0 saturated heterocycles. The first-order chi connectivity index (χ1) is 14.5. The zero-order valence-electron chi connectivity index (χ0n) is 16.0. The molecule has 1 amide bonds. The van der Waals surface area contributed by atoms with Gasteiger partial charge in [-0.3, -0.25) is 4.79 Å². The Morgan fingerprint density at radius 3 is 2.10 bits per heavy atom. The molecule has 0 heterocycles. The Morgan fingerprint density at radius 2 is 1.53 bits per heavy atom. The van der Waals surface area contributed by atoms with E-state index in [1.165, 1.54) is 29.3 Å². The number of aromatic carboxylic acids is 1. The third-order valence-electron chi connectivity index (χ3n) is 6.34. The first kappa shape index (κ1) is 18.1. The van der Waals surface area contributed by atoms with Crippen LogP contribution in [0, 0.1) is 16.7 Å². The third kappa shape index (κ3) is 2.47. The maximum Gasteiger partial charge on any atom is 0.245 e. The van der Waals surface area contributed by atoms with Crippen molar-refractivity contribution in [3.05, 3.63) is 101 Å². The van der Waals surface area contributed by atoms with Crippen molar-refractivity contribution < 1.29 is 14.7 Å². The monoisotopic (exact) mass is 393 g/mol. The quantitative estimate of drug-likeness (QED) is 0.740. The minimum atomic E-state index is -1.32. The number of rotatable bonds is 3. The molecule has 0 unspecified atom stereocenters. The van der Waals surface area contributed by atoms with E-state index in [-0.39, 0.29) is 17.4 Å². The standard InChI is InChI=1S/C25H18N2O3/c26-14-25(24(30)27-16-7-5-6-15(12-16)23(28)29)13-21-17-8-1-3-10-19(17)22(25)20-11-4-2-9-18(20)21/h1-12,21-22H,13H2,(H,27,30)(H,28,29)/p-1/t21?,22?,25-/m0/s1. The number of carboxylic acid groups (broad SMARTS) is 1. The summed E-state index contributed by atoms with van der Waals surface area (Å²) in [6.07, 6.45) is 0.383. The van der Waals surface area contributed by atoms with Crippen LogP contribution in [-0.2, 0) is 4.79 Å². The first-order valence-corrected chi connectivity index (χ1v) is 9.77. The van der Waals surface area contributed by atoms with Crippen molar-refractivity contribution in [2.45, 2.75) is 18.3 Å². The molecule has 146 valence electrons. The van der Waals surface area contributed by atoms with Crippen LogP contribution in [0.2, 0.25) is 0 Å². The molecule has 3 aromatic rings. The predicted octanol–water partition coefficient (Wildman–Crippen LogP) is 3.18. The number of carbonyl (C=O) groups excluding carboxylic acids is 2. The first-order valence-electron chi connectivity index (χ1n) is 9.77. The Bertz CT molecular complexity index is 1200. The van der Waals surface area contributed by atoms with E-state index in [9.17, 15) is 20.0 Å². The highest BCUT2D eigenvalue weighted by Gasteiger charge is 2.57. The zero-order chi connectivity index (χ0) is 20.9. The number of anilines is 1. The minimum absolute atomic E-state index is 0.0281. The fourth-order valence-electron chi connectivity index (χ4n) is 5.06. The van der Waals surface area contributed by atoms with Gasteiger partial charge in [-0.1, -0.05) is 60.7 Å². The van der Waals surface area contributed by atoms with Gasteiger partial charge in [-0.15, -0.1) is 0 Å². The normalized spacial score (nSPS) is 23.0. The van der Waals surface area contributed by atoms with Crippen LogP contribution in [0.15, 0.2) is 72.8 Å². The van der Waals surface area contributed by atoms with Crippen molar-refractivity contribution in [1.82, 2.24) is 0 Å². The zero-order valence-corrected chi connectivity index (χ0v) is 16.0. The van der Waals surface area contributed by atoms with Crippen molar-refractivity contribution in [1.29, 1.82) is 5.26 Å². The van der Waals surface area contributed by atoms with Gasteiger partial charge in [-0.25, -0.2) is 0 Å². The van der Waals surface area contributed by atoms with Crippen LogP contribution in [0.5, 0.6) is 0 Å². The number of nitrogens with one attached hydrogen (secondary N) is 1. The third-order valence-corrected chi connectivity index (χ3v) is 6.34. The predicted molar refractivity (Wildman–Crippen MR) is 109 cm³/mol. The Labute approximate surface area is 173 Å². The molecule has 3 aromatic carbocycles. The van der Waals surface area contributed by atoms with Gasteiger partial charge >= 0.3 is 0 Å².